The number of rotatable bonds is 2. The minimum Gasteiger partial charge on any atom is -0.353 e. The minimum atomic E-state index is -2.83. The maximum atomic E-state index is 11.6. The molecule has 0 bridgehead atoms. The molecule has 0 N–H and O–H groups in total. The molecule has 2 aliphatic rings. The van der Waals surface area contributed by atoms with Crippen molar-refractivity contribution < 1.29 is 8.42 Å². The molecule has 0 saturated carbocycles. The first-order chi connectivity index (χ1) is 10.1. The van der Waals surface area contributed by atoms with E-state index in [-0.39, 0.29) is 6.04 Å². The van der Waals surface area contributed by atoms with Crippen LogP contribution in [-0.2, 0) is 9.84 Å². The Bertz CT molecular complexity index is 660. The number of nitrogens with zero attached hydrogens (tertiary/aromatic N) is 4. The maximum absolute atomic E-state index is 11.6. The smallest absolute Gasteiger partial charge is 0.151 e. The third-order valence-electron chi connectivity index (χ3n) is 4.25. The molecule has 1 aromatic rings. The van der Waals surface area contributed by atoms with Gasteiger partial charge in [0, 0.05) is 38.4 Å². The van der Waals surface area contributed by atoms with E-state index < -0.39 is 9.84 Å². The highest BCUT2D eigenvalue weighted by Gasteiger charge is 2.34. The number of nitriles is 1. The highest BCUT2D eigenvalue weighted by molar-refractivity contribution is 7.91. The summed E-state index contributed by atoms with van der Waals surface area (Å²) in [6.07, 6.45) is 2.45. The van der Waals surface area contributed by atoms with E-state index in [2.05, 4.69) is 20.9 Å². The van der Waals surface area contributed by atoms with Crippen LogP contribution in [0.5, 0.6) is 0 Å². The lowest BCUT2D eigenvalue weighted by Crippen LogP contribution is -2.51. The predicted octanol–water partition coefficient (Wildman–Crippen LogP) is 0.262. The molecule has 0 radical (unpaired) electrons. The molecular formula is C14H18N4O2S. The molecule has 2 aliphatic heterocycles. The van der Waals surface area contributed by atoms with Gasteiger partial charge >= 0.3 is 0 Å². The molecule has 0 aliphatic carbocycles. The van der Waals surface area contributed by atoms with Gasteiger partial charge in [-0.3, -0.25) is 4.90 Å². The summed E-state index contributed by atoms with van der Waals surface area (Å²) in [5.74, 6) is 1.34. The second-order valence-electron chi connectivity index (χ2n) is 5.57. The number of hydrogen-bond acceptors (Lipinski definition) is 6. The molecule has 0 spiro atoms. The first-order valence-corrected chi connectivity index (χ1v) is 8.96. The summed E-state index contributed by atoms with van der Waals surface area (Å²) in [6.45, 7) is 3.20. The van der Waals surface area contributed by atoms with Gasteiger partial charge in [-0.15, -0.1) is 0 Å². The van der Waals surface area contributed by atoms with Crippen molar-refractivity contribution in [2.45, 2.75) is 12.5 Å². The molecule has 2 saturated heterocycles. The minimum absolute atomic E-state index is 0.163. The zero-order chi connectivity index (χ0) is 14.9. The summed E-state index contributed by atoms with van der Waals surface area (Å²) in [4.78, 5) is 8.68. The van der Waals surface area contributed by atoms with Gasteiger partial charge in [-0.05, 0) is 18.6 Å². The number of sulfone groups is 1. The number of anilines is 1. The van der Waals surface area contributed by atoms with Crippen molar-refractivity contribution >= 4 is 15.7 Å². The largest absolute Gasteiger partial charge is 0.353 e. The van der Waals surface area contributed by atoms with Crippen molar-refractivity contribution in [2.75, 3.05) is 42.6 Å². The summed E-state index contributed by atoms with van der Waals surface area (Å²) in [7, 11) is -2.83. The lowest BCUT2D eigenvalue weighted by molar-refractivity contribution is 0.200. The van der Waals surface area contributed by atoms with Crippen molar-refractivity contribution in [1.82, 2.24) is 9.88 Å². The average molecular weight is 306 g/mol. The van der Waals surface area contributed by atoms with Crippen molar-refractivity contribution in [3.05, 3.63) is 23.9 Å². The van der Waals surface area contributed by atoms with Crippen molar-refractivity contribution in [2.24, 2.45) is 0 Å². The molecule has 1 atom stereocenters. The van der Waals surface area contributed by atoms with Crippen LogP contribution in [0.4, 0.5) is 5.82 Å². The molecule has 0 aromatic carbocycles. The first kappa shape index (κ1) is 14.3. The van der Waals surface area contributed by atoms with E-state index in [4.69, 9.17) is 5.26 Å². The number of aromatic nitrogens is 1. The first-order valence-electron chi connectivity index (χ1n) is 7.13. The number of hydrogen-bond donors (Lipinski definition) is 0. The van der Waals surface area contributed by atoms with Crippen LogP contribution in [0, 0.1) is 11.3 Å². The molecule has 7 heteroatoms. The van der Waals surface area contributed by atoms with Gasteiger partial charge < -0.3 is 4.90 Å². The zero-order valence-corrected chi connectivity index (χ0v) is 12.6. The van der Waals surface area contributed by atoms with Gasteiger partial charge in [0.25, 0.3) is 0 Å². The third-order valence-corrected chi connectivity index (χ3v) is 6.00. The second kappa shape index (κ2) is 5.62. The van der Waals surface area contributed by atoms with Crippen LogP contribution < -0.4 is 4.90 Å². The number of pyridine rings is 1. The van der Waals surface area contributed by atoms with Gasteiger partial charge in [0.15, 0.2) is 9.84 Å². The van der Waals surface area contributed by atoms with Gasteiger partial charge in [-0.25, -0.2) is 13.4 Å². The highest BCUT2D eigenvalue weighted by atomic mass is 32.2. The van der Waals surface area contributed by atoms with Crippen LogP contribution in [0.1, 0.15) is 12.0 Å². The molecular weight excluding hydrogens is 288 g/mol. The Kier molecular flexibility index (Phi) is 3.83. The summed E-state index contributed by atoms with van der Waals surface area (Å²) in [5.41, 5.74) is 0.592. The quantitative estimate of drug-likeness (QED) is 0.780. The van der Waals surface area contributed by atoms with E-state index in [1.54, 1.807) is 18.3 Å². The number of piperazine rings is 1. The Morgan fingerprint density at radius 3 is 2.67 bits per heavy atom. The molecule has 112 valence electrons. The molecule has 3 rings (SSSR count). The molecule has 21 heavy (non-hydrogen) atoms. The van der Waals surface area contributed by atoms with Gasteiger partial charge in [-0.2, -0.15) is 5.26 Å². The molecule has 1 unspecified atom stereocenters. The third kappa shape index (κ3) is 3.01. The second-order valence-corrected chi connectivity index (χ2v) is 7.79. The van der Waals surface area contributed by atoms with Gasteiger partial charge in [-0.1, -0.05) is 0 Å². The van der Waals surface area contributed by atoms with Crippen molar-refractivity contribution in [3.8, 4) is 6.07 Å². The van der Waals surface area contributed by atoms with Crippen LogP contribution in [0.2, 0.25) is 0 Å². The van der Waals surface area contributed by atoms with Crippen molar-refractivity contribution in [3.63, 3.8) is 0 Å². The van der Waals surface area contributed by atoms with Crippen LogP contribution in [0.15, 0.2) is 18.3 Å². The molecule has 0 amide bonds. The summed E-state index contributed by atoms with van der Waals surface area (Å²) in [5, 5.41) is 9.14. The Morgan fingerprint density at radius 1 is 1.29 bits per heavy atom. The fourth-order valence-electron chi connectivity index (χ4n) is 3.10. The van der Waals surface area contributed by atoms with E-state index in [9.17, 15) is 8.42 Å². The van der Waals surface area contributed by atoms with Crippen molar-refractivity contribution in [1.29, 1.82) is 5.26 Å². The van der Waals surface area contributed by atoms with E-state index in [0.717, 1.165) is 38.4 Å². The normalized spacial score (nSPS) is 25.7. The SMILES string of the molecule is N#Cc1cccnc1N1CCN(C2CCS(=O)(=O)C2)CC1. The topological polar surface area (TPSA) is 77.3 Å². The monoisotopic (exact) mass is 306 g/mol. The lowest BCUT2D eigenvalue weighted by Gasteiger charge is -2.38. The Morgan fingerprint density at radius 2 is 2.05 bits per heavy atom. The van der Waals surface area contributed by atoms with Gasteiger partial charge in [0.1, 0.15) is 11.9 Å². The molecule has 6 nitrogen and oxygen atoms in total. The van der Waals surface area contributed by atoms with Gasteiger partial charge in [0.05, 0.1) is 17.1 Å². The summed E-state index contributed by atoms with van der Waals surface area (Å²) >= 11 is 0. The Hall–Kier alpha value is -1.65. The fraction of sp³-hybridized carbons (Fsp3) is 0.571. The lowest BCUT2D eigenvalue weighted by atomic mass is 10.1. The van der Waals surface area contributed by atoms with Crippen LogP contribution in [-0.4, -0.2) is 62.0 Å². The van der Waals surface area contributed by atoms with Gasteiger partial charge in [0.2, 0.25) is 0 Å². The highest BCUT2D eigenvalue weighted by Crippen LogP contribution is 2.22. The average Bonchev–Trinajstić information content (AvgIpc) is 2.87. The predicted molar refractivity (Wildman–Crippen MR) is 79.8 cm³/mol. The van der Waals surface area contributed by atoms with E-state index in [1.165, 1.54) is 0 Å². The summed E-state index contributed by atoms with van der Waals surface area (Å²) in [6, 6.07) is 5.88. The fourth-order valence-corrected chi connectivity index (χ4v) is 4.86. The van der Waals surface area contributed by atoms with E-state index in [1.807, 2.05) is 0 Å². The summed E-state index contributed by atoms with van der Waals surface area (Å²) < 4.78 is 23.1. The standard InChI is InChI=1S/C14H18N4O2S/c15-10-12-2-1-4-16-14(12)18-7-5-17(6-8-18)13-3-9-21(19,20)11-13/h1-2,4,13H,3,5-9,11H2. The van der Waals surface area contributed by atoms with E-state index in [0.29, 0.717) is 17.1 Å². The Balaban J connectivity index is 1.65. The van der Waals surface area contributed by atoms with E-state index >= 15 is 0 Å². The molecule has 2 fully saturated rings. The van der Waals surface area contributed by atoms with Crippen LogP contribution in [0.25, 0.3) is 0 Å². The molecule has 1 aromatic heterocycles. The maximum Gasteiger partial charge on any atom is 0.151 e. The zero-order valence-electron chi connectivity index (χ0n) is 11.8. The van der Waals surface area contributed by atoms with Crippen LogP contribution in [0.3, 0.4) is 0 Å². The van der Waals surface area contributed by atoms with Crippen LogP contribution >= 0.6 is 0 Å². The Labute approximate surface area is 124 Å². The molecule has 3 heterocycles.